The maximum Gasteiger partial charge on any atom is 0.342 e. The van der Waals surface area contributed by atoms with E-state index in [1.807, 2.05) is 24.3 Å². The zero-order valence-corrected chi connectivity index (χ0v) is 9.91. The van der Waals surface area contributed by atoms with Gasteiger partial charge in [0.2, 0.25) is 0 Å². The normalized spacial score (nSPS) is 24.4. The fraction of sp³-hybridized carbons (Fsp3) is 0.364. The van der Waals surface area contributed by atoms with Gasteiger partial charge >= 0.3 is 5.97 Å². The molecule has 1 aliphatic rings. The number of methoxy groups -OCH3 is 1. The zero-order valence-electron chi connectivity index (χ0n) is 8.33. The van der Waals surface area contributed by atoms with Crippen LogP contribution in [0.4, 0.5) is 0 Å². The Labute approximate surface area is 96.5 Å². The molecule has 0 radical (unpaired) electrons. The van der Waals surface area contributed by atoms with Crippen molar-refractivity contribution in [2.45, 2.75) is 12.0 Å². The Morgan fingerprint density at radius 2 is 2.20 bits per heavy atom. The molecule has 4 heteroatoms. The molecule has 3 nitrogen and oxygen atoms in total. The number of carbonyl (C=O) groups excluding carboxylic acids is 1. The highest BCUT2D eigenvalue weighted by Gasteiger charge is 2.49. The van der Waals surface area contributed by atoms with Crippen LogP contribution in [0.1, 0.15) is 12.0 Å². The minimum Gasteiger partial charge on any atom is -0.467 e. The Morgan fingerprint density at radius 1 is 1.53 bits per heavy atom. The number of hydrogen-bond donors (Lipinski definition) is 0. The predicted octanol–water partition coefficient (Wildman–Crippen LogP) is 2.24. The van der Waals surface area contributed by atoms with Gasteiger partial charge in [-0.05, 0) is 6.07 Å². The average molecular weight is 271 g/mol. The van der Waals surface area contributed by atoms with E-state index in [1.165, 1.54) is 7.11 Å². The van der Waals surface area contributed by atoms with Gasteiger partial charge in [-0.1, -0.05) is 34.1 Å². The van der Waals surface area contributed by atoms with Gasteiger partial charge in [-0.25, -0.2) is 4.79 Å². The Morgan fingerprint density at radius 3 is 2.67 bits per heavy atom. The molecule has 0 N–H and O–H groups in total. The Bertz CT molecular complexity index is 385. The second-order valence-corrected chi connectivity index (χ2v) is 4.25. The molecule has 1 atom stereocenters. The summed E-state index contributed by atoms with van der Waals surface area (Å²) in [5.41, 5.74) is -0.0578. The molecule has 1 aliphatic heterocycles. The lowest BCUT2D eigenvalue weighted by Crippen LogP contribution is -2.48. The van der Waals surface area contributed by atoms with Gasteiger partial charge < -0.3 is 9.47 Å². The van der Waals surface area contributed by atoms with Crippen molar-refractivity contribution in [2.24, 2.45) is 0 Å². The van der Waals surface area contributed by atoms with E-state index in [0.717, 1.165) is 10.0 Å². The van der Waals surface area contributed by atoms with Crippen LogP contribution in [-0.4, -0.2) is 19.7 Å². The number of benzene rings is 1. The summed E-state index contributed by atoms with van der Waals surface area (Å²) in [6.07, 6.45) is 0.669. The van der Waals surface area contributed by atoms with Crippen molar-refractivity contribution < 1.29 is 14.3 Å². The van der Waals surface area contributed by atoms with Gasteiger partial charge in [-0.2, -0.15) is 0 Å². The average Bonchev–Trinajstić information content (AvgIpc) is 2.19. The number of halogens is 1. The summed E-state index contributed by atoms with van der Waals surface area (Å²) in [7, 11) is 1.38. The molecule has 1 fully saturated rings. The maximum absolute atomic E-state index is 11.7. The van der Waals surface area contributed by atoms with Crippen LogP contribution in [0.3, 0.4) is 0 Å². The second-order valence-electron chi connectivity index (χ2n) is 3.40. The van der Waals surface area contributed by atoms with E-state index in [1.54, 1.807) is 0 Å². The molecule has 0 spiro atoms. The first-order valence-corrected chi connectivity index (χ1v) is 5.47. The SMILES string of the molecule is COC(=O)C1(c2ccccc2Br)CCO1. The maximum atomic E-state index is 11.7. The lowest BCUT2D eigenvalue weighted by molar-refractivity contribution is -0.201. The molecule has 1 saturated heterocycles. The van der Waals surface area contributed by atoms with Crippen LogP contribution in [0, 0.1) is 0 Å². The highest BCUT2D eigenvalue weighted by atomic mass is 79.9. The fourth-order valence-electron chi connectivity index (χ4n) is 1.74. The van der Waals surface area contributed by atoms with Crippen LogP contribution in [0.15, 0.2) is 28.7 Å². The van der Waals surface area contributed by atoms with Crippen LogP contribution < -0.4 is 0 Å². The van der Waals surface area contributed by atoms with Crippen LogP contribution in [0.2, 0.25) is 0 Å². The summed E-state index contributed by atoms with van der Waals surface area (Å²) in [4.78, 5) is 11.7. The lowest BCUT2D eigenvalue weighted by Gasteiger charge is -2.39. The van der Waals surface area contributed by atoms with E-state index in [0.29, 0.717) is 13.0 Å². The molecule has 1 aromatic carbocycles. The van der Waals surface area contributed by atoms with Crippen LogP contribution in [-0.2, 0) is 19.9 Å². The van der Waals surface area contributed by atoms with Crippen molar-refractivity contribution in [3.05, 3.63) is 34.3 Å². The fourth-order valence-corrected chi connectivity index (χ4v) is 2.35. The number of ether oxygens (including phenoxy) is 2. The van der Waals surface area contributed by atoms with E-state index in [4.69, 9.17) is 9.47 Å². The Balaban J connectivity index is 2.43. The van der Waals surface area contributed by atoms with Gasteiger partial charge in [0.05, 0.1) is 13.7 Å². The molecule has 2 rings (SSSR count). The number of hydrogen-bond acceptors (Lipinski definition) is 3. The summed E-state index contributed by atoms with van der Waals surface area (Å²) in [5.74, 6) is -0.333. The summed E-state index contributed by atoms with van der Waals surface area (Å²) in [6, 6.07) is 7.55. The van der Waals surface area contributed by atoms with Gasteiger partial charge in [0, 0.05) is 16.5 Å². The van der Waals surface area contributed by atoms with E-state index in [-0.39, 0.29) is 5.97 Å². The second kappa shape index (κ2) is 3.94. The summed E-state index contributed by atoms with van der Waals surface area (Å²) < 4.78 is 11.1. The first-order chi connectivity index (χ1) is 7.20. The van der Waals surface area contributed by atoms with Crippen LogP contribution in [0.25, 0.3) is 0 Å². The van der Waals surface area contributed by atoms with Gasteiger partial charge in [0.25, 0.3) is 0 Å². The molecule has 0 saturated carbocycles. The molecule has 1 unspecified atom stereocenters. The van der Waals surface area contributed by atoms with Crippen LogP contribution >= 0.6 is 15.9 Å². The smallest absolute Gasteiger partial charge is 0.342 e. The quantitative estimate of drug-likeness (QED) is 0.774. The molecule has 1 aromatic rings. The van der Waals surface area contributed by atoms with Crippen molar-refractivity contribution in [1.82, 2.24) is 0 Å². The topological polar surface area (TPSA) is 35.5 Å². The predicted molar refractivity (Wildman–Crippen MR) is 58.4 cm³/mol. The molecule has 0 aromatic heterocycles. The van der Waals surface area contributed by atoms with E-state index < -0.39 is 5.60 Å². The molecule has 0 bridgehead atoms. The lowest BCUT2D eigenvalue weighted by atomic mass is 9.86. The molecular formula is C11H11BrO3. The molecule has 15 heavy (non-hydrogen) atoms. The molecule has 1 heterocycles. The van der Waals surface area contributed by atoms with Gasteiger partial charge in [0.1, 0.15) is 0 Å². The third-order valence-corrected chi connectivity index (χ3v) is 3.32. The minimum atomic E-state index is -0.894. The van der Waals surface area contributed by atoms with E-state index >= 15 is 0 Å². The van der Waals surface area contributed by atoms with Crippen LogP contribution in [0.5, 0.6) is 0 Å². The van der Waals surface area contributed by atoms with E-state index in [2.05, 4.69) is 15.9 Å². The van der Waals surface area contributed by atoms with Crippen molar-refractivity contribution in [3.63, 3.8) is 0 Å². The summed E-state index contributed by atoms with van der Waals surface area (Å²) >= 11 is 3.42. The number of rotatable bonds is 2. The van der Waals surface area contributed by atoms with E-state index in [9.17, 15) is 4.79 Å². The summed E-state index contributed by atoms with van der Waals surface area (Å²) in [5, 5.41) is 0. The van der Waals surface area contributed by atoms with Crippen molar-refractivity contribution in [3.8, 4) is 0 Å². The van der Waals surface area contributed by atoms with Crippen molar-refractivity contribution in [2.75, 3.05) is 13.7 Å². The standard InChI is InChI=1S/C11H11BrO3/c1-14-10(13)11(6-7-15-11)8-4-2-3-5-9(8)12/h2-5H,6-7H2,1H3. The zero-order chi connectivity index (χ0) is 10.9. The van der Waals surface area contributed by atoms with Gasteiger partial charge in [-0.15, -0.1) is 0 Å². The number of carbonyl (C=O) groups is 1. The van der Waals surface area contributed by atoms with Gasteiger partial charge in [-0.3, -0.25) is 0 Å². The first kappa shape index (κ1) is 10.6. The summed E-state index contributed by atoms with van der Waals surface area (Å²) in [6.45, 7) is 0.594. The molecular weight excluding hydrogens is 260 g/mol. The minimum absolute atomic E-state index is 0.333. The third-order valence-electron chi connectivity index (χ3n) is 2.63. The van der Waals surface area contributed by atoms with Crippen molar-refractivity contribution >= 4 is 21.9 Å². The third kappa shape index (κ3) is 1.58. The molecule has 80 valence electrons. The monoisotopic (exact) mass is 270 g/mol. The highest BCUT2D eigenvalue weighted by Crippen LogP contribution is 2.41. The van der Waals surface area contributed by atoms with Gasteiger partial charge in [0.15, 0.2) is 5.60 Å². The van der Waals surface area contributed by atoms with Crippen molar-refractivity contribution in [1.29, 1.82) is 0 Å². The Hall–Kier alpha value is -0.870. The largest absolute Gasteiger partial charge is 0.467 e. The molecule has 0 aliphatic carbocycles. The Kier molecular flexibility index (Phi) is 2.80. The first-order valence-electron chi connectivity index (χ1n) is 4.68. The molecule has 0 amide bonds. The highest BCUT2D eigenvalue weighted by molar-refractivity contribution is 9.10. The number of esters is 1.